The summed E-state index contributed by atoms with van der Waals surface area (Å²) in [7, 11) is -1.35. The molecular weight excluding hydrogens is 296 g/mol. The molecule has 0 bridgehead atoms. The highest BCUT2D eigenvalue weighted by atomic mass is 32.2. The summed E-state index contributed by atoms with van der Waals surface area (Å²) in [6.45, 7) is 2.99. The quantitative estimate of drug-likeness (QED) is 0.853. The summed E-state index contributed by atoms with van der Waals surface area (Å²) in [5.74, 6) is 0.0162. The average Bonchev–Trinajstić information content (AvgIpc) is 2.50. The molecule has 2 aromatic rings. The summed E-state index contributed by atoms with van der Waals surface area (Å²) in [5.41, 5.74) is 2.99. The van der Waals surface area contributed by atoms with Crippen molar-refractivity contribution < 1.29 is 8.42 Å². The van der Waals surface area contributed by atoms with E-state index in [1.54, 1.807) is 0 Å². The van der Waals surface area contributed by atoms with E-state index in [1.165, 1.54) is 0 Å². The maximum atomic E-state index is 12.1. The molecule has 0 aliphatic rings. The average molecular weight is 318 g/mol. The van der Waals surface area contributed by atoms with Crippen LogP contribution >= 0.6 is 0 Å². The van der Waals surface area contributed by atoms with E-state index in [-0.39, 0.29) is 5.75 Å². The summed E-state index contributed by atoms with van der Waals surface area (Å²) < 4.78 is 26.8. The van der Waals surface area contributed by atoms with Crippen LogP contribution in [0.5, 0.6) is 0 Å². The zero-order chi connectivity index (χ0) is 16.0. The van der Waals surface area contributed by atoms with Crippen LogP contribution in [0.3, 0.4) is 0 Å². The Morgan fingerprint density at radius 3 is 2.27 bits per heavy atom. The van der Waals surface area contributed by atoms with E-state index in [9.17, 15) is 8.42 Å². The molecule has 0 aromatic heterocycles. The van der Waals surface area contributed by atoms with Gasteiger partial charge >= 0.3 is 0 Å². The van der Waals surface area contributed by atoms with Gasteiger partial charge in [-0.3, -0.25) is 0 Å². The summed E-state index contributed by atoms with van der Waals surface area (Å²) >= 11 is 0. The summed E-state index contributed by atoms with van der Waals surface area (Å²) in [6, 6.07) is 17.4. The molecule has 118 valence electrons. The van der Waals surface area contributed by atoms with Gasteiger partial charge in [0.2, 0.25) is 10.0 Å². The van der Waals surface area contributed by atoms with Crippen molar-refractivity contribution in [2.75, 3.05) is 25.0 Å². The van der Waals surface area contributed by atoms with Gasteiger partial charge in [0.1, 0.15) is 0 Å². The SMILES string of the molecule is Cc1ccc(CS(=O)(=O)NCCN(C)c2ccccc2)cc1. The van der Waals surface area contributed by atoms with E-state index in [0.29, 0.717) is 13.1 Å². The number of nitrogens with zero attached hydrogens (tertiary/aromatic N) is 1. The first-order valence-corrected chi connectivity index (χ1v) is 8.90. The molecule has 0 saturated heterocycles. The number of sulfonamides is 1. The normalized spacial score (nSPS) is 11.4. The van der Waals surface area contributed by atoms with Gasteiger partial charge in [0.15, 0.2) is 0 Å². The number of nitrogens with one attached hydrogen (secondary N) is 1. The van der Waals surface area contributed by atoms with Gasteiger partial charge in [0.25, 0.3) is 0 Å². The highest BCUT2D eigenvalue weighted by Gasteiger charge is 2.11. The first-order chi connectivity index (χ1) is 10.5. The first kappa shape index (κ1) is 16.5. The van der Waals surface area contributed by atoms with Gasteiger partial charge < -0.3 is 4.90 Å². The van der Waals surface area contributed by atoms with Gasteiger partial charge in [-0.15, -0.1) is 0 Å². The number of likely N-dealkylation sites (N-methyl/N-ethyl adjacent to an activating group) is 1. The molecule has 0 aliphatic carbocycles. The number of hydrogen-bond acceptors (Lipinski definition) is 3. The van der Waals surface area contributed by atoms with E-state index in [1.807, 2.05) is 73.5 Å². The summed E-state index contributed by atoms with van der Waals surface area (Å²) in [4.78, 5) is 2.02. The Morgan fingerprint density at radius 2 is 1.64 bits per heavy atom. The largest absolute Gasteiger partial charge is 0.373 e. The highest BCUT2D eigenvalue weighted by Crippen LogP contribution is 2.10. The molecule has 0 fully saturated rings. The molecule has 5 heteroatoms. The second kappa shape index (κ2) is 7.42. The molecule has 0 saturated carbocycles. The molecule has 1 N–H and O–H groups in total. The van der Waals surface area contributed by atoms with Crippen molar-refractivity contribution in [1.82, 2.24) is 4.72 Å². The van der Waals surface area contributed by atoms with E-state index in [2.05, 4.69) is 4.72 Å². The molecule has 0 heterocycles. The Labute approximate surface area is 132 Å². The lowest BCUT2D eigenvalue weighted by Crippen LogP contribution is -2.33. The lowest BCUT2D eigenvalue weighted by molar-refractivity contribution is 0.580. The number of para-hydroxylation sites is 1. The molecule has 22 heavy (non-hydrogen) atoms. The van der Waals surface area contributed by atoms with Crippen molar-refractivity contribution in [2.24, 2.45) is 0 Å². The molecule has 0 spiro atoms. The standard InChI is InChI=1S/C17H22N2O2S/c1-15-8-10-16(11-9-15)14-22(20,21)18-12-13-19(2)17-6-4-3-5-7-17/h3-11,18H,12-14H2,1-2H3. The maximum Gasteiger partial charge on any atom is 0.215 e. The molecule has 0 aliphatic heterocycles. The van der Waals surface area contributed by atoms with E-state index in [4.69, 9.17) is 0 Å². The minimum Gasteiger partial charge on any atom is -0.373 e. The minimum atomic E-state index is -3.30. The van der Waals surface area contributed by atoms with Crippen molar-refractivity contribution in [3.05, 3.63) is 65.7 Å². The van der Waals surface area contributed by atoms with Gasteiger partial charge in [0, 0.05) is 25.8 Å². The van der Waals surface area contributed by atoms with Crippen molar-refractivity contribution >= 4 is 15.7 Å². The lowest BCUT2D eigenvalue weighted by atomic mass is 10.2. The molecule has 2 rings (SSSR count). The number of rotatable bonds is 7. The van der Waals surface area contributed by atoms with Crippen molar-refractivity contribution in [2.45, 2.75) is 12.7 Å². The molecule has 2 aromatic carbocycles. The zero-order valence-corrected chi connectivity index (χ0v) is 13.8. The number of benzene rings is 2. The fourth-order valence-electron chi connectivity index (χ4n) is 2.14. The predicted octanol–water partition coefficient (Wildman–Crippen LogP) is 2.55. The molecular formula is C17H22N2O2S. The number of aryl methyl sites for hydroxylation is 1. The predicted molar refractivity (Wildman–Crippen MR) is 91.5 cm³/mol. The van der Waals surface area contributed by atoms with Crippen LogP contribution in [0.15, 0.2) is 54.6 Å². The van der Waals surface area contributed by atoms with Gasteiger partial charge in [-0.05, 0) is 24.6 Å². The Morgan fingerprint density at radius 1 is 1.00 bits per heavy atom. The van der Waals surface area contributed by atoms with Crippen LogP contribution in [-0.4, -0.2) is 28.6 Å². The van der Waals surface area contributed by atoms with Crippen LogP contribution in [0.25, 0.3) is 0 Å². The Hall–Kier alpha value is -1.85. The minimum absolute atomic E-state index is 0.0162. The molecule has 0 radical (unpaired) electrons. The van der Waals surface area contributed by atoms with E-state index < -0.39 is 10.0 Å². The third-order valence-electron chi connectivity index (χ3n) is 3.44. The second-order valence-corrected chi connectivity index (χ2v) is 7.20. The van der Waals surface area contributed by atoms with Crippen LogP contribution in [0.1, 0.15) is 11.1 Å². The van der Waals surface area contributed by atoms with Crippen LogP contribution < -0.4 is 9.62 Å². The highest BCUT2D eigenvalue weighted by molar-refractivity contribution is 7.88. The van der Waals surface area contributed by atoms with Crippen LogP contribution in [0, 0.1) is 6.92 Å². The topological polar surface area (TPSA) is 49.4 Å². The molecule has 4 nitrogen and oxygen atoms in total. The van der Waals surface area contributed by atoms with Gasteiger partial charge in [-0.2, -0.15) is 0 Å². The lowest BCUT2D eigenvalue weighted by Gasteiger charge is -2.19. The second-order valence-electron chi connectivity index (χ2n) is 5.40. The fraction of sp³-hybridized carbons (Fsp3) is 0.294. The monoisotopic (exact) mass is 318 g/mol. The zero-order valence-electron chi connectivity index (χ0n) is 13.0. The smallest absolute Gasteiger partial charge is 0.215 e. The molecule has 0 atom stereocenters. The van der Waals surface area contributed by atoms with Gasteiger partial charge in [-0.1, -0.05) is 48.0 Å². The van der Waals surface area contributed by atoms with Gasteiger partial charge in [0.05, 0.1) is 5.75 Å². The number of hydrogen-bond donors (Lipinski definition) is 1. The first-order valence-electron chi connectivity index (χ1n) is 7.25. The van der Waals surface area contributed by atoms with E-state index >= 15 is 0 Å². The summed E-state index contributed by atoms with van der Waals surface area (Å²) in [6.07, 6.45) is 0. The van der Waals surface area contributed by atoms with Crippen LogP contribution in [0.4, 0.5) is 5.69 Å². The van der Waals surface area contributed by atoms with Gasteiger partial charge in [-0.25, -0.2) is 13.1 Å². The van der Waals surface area contributed by atoms with Crippen molar-refractivity contribution in [1.29, 1.82) is 0 Å². The van der Waals surface area contributed by atoms with Crippen molar-refractivity contribution in [3.8, 4) is 0 Å². The third-order valence-corrected chi connectivity index (χ3v) is 4.80. The third kappa shape index (κ3) is 5.16. The Balaban J connectivity index is 1.84. The van der Waals surface area contributed by atoms with Crippen molar-refractivity contribution in [3.63, 3.8) is 0 Å². The Bertz CT molecular complexity index is 682. The summed E-state index contributed by atoms with van der Waals surface area (Å²) in [5, 5.41) is 0. The fourth-order valence-corrected chi connectivity index (χ4v) is 3.27. The molecule has 0 unspecified atom stereocenters. The number of anilines is 1. The maximum absolute atomic E-state index is 12.1. The van der Waals surface area contributed by atoms with Crippen LogP contribution in [-0.2, 0) is 15.8 Å². The Kier molecular flexibility index (Phi) is 5.57. The van der Waals surface area contributed by atoms with E-state index in [0.717, 1.165) is 16.8 Å². The van der Waals surface area contributed by atoms with Crippen LogP contribution in [0.2, 0.25) is 0 Å². The molecule has 0 amide bonds.